The Labute approximate surface area is 186 Å². The first kappa shape index (κ1) is 31.8. The van der Waals surface area contributed by atoms with Crippen LogP contribution in [0.3, 0.4) is 0 Å². The Morgan fingerprint density at radius 1 is 0.656 bits per heavy atom. The topological polar surface area (TPSA) is 221 Å². The summed E-state index contributed by atoms with van der Waals surface area (Å²) in [4.78, 5) is 26.6. The van der Waals surface area contributed by atoms with Crippen LogP contribution in [0.1, 0.15) is 25.7 Å². The maximum atomic E-state index is 10.1. The molecule has 0 bridgehead atoms. The molecular formula is C20H34N2O10. The third-order valence-electron chi connectivity index (χ3n) is 4.61. The number of aliphatic hydroxyl groups is 8. The number of unbranched alkanes of at least 4 members (excludes halogenated alkanes) is 2. The largest absolute Gasteiger partial charge is 0.511 e. The molecular weight excluding hydrogens is 428 g/mol. The molecule has 0 aliphatic heterocycles. The zero-order valence-corrected chi connectivity index (χ0v) is 17.9. The van der Waals surface area contributed by atoms with E-state index in [0.717, 1.165) is 0 Å². The van der Waals surface area contributed by atoms with Crippen molar-refractivity contribution in [3.05, 3.63) is 23.7 Å². The number of rotatable bonds is 16. The van der Waals surface area contributed by atoms with Crippen molar-refractivity contribution < 1.29 is 50.4 Å². The molecule has 0 aliphatic rings. The molecule has 0 saturated carbocycles. The molecule has 0 aromatic rings. The summed E-state index contributed by atoms with van der Waals surface area (Å²) in [6, 6.07) is 0. The number of hydrogen-bond donors (Lipinski definition) is 8. The number of carbonyl (C=O) groups excluding carboxylic acids is 2. The van der Waals surface area contributed by atoms with Crippen LogP contribution in [0.4, 0.5) is 0 Å². The lowest BCUT2D eigenvalue weighted by Crippen LogP contribution is -2.37. The van der Waals surface area contributed by atoms with E-state index in [-0.39, 0.29) is 24.6 Å². The zero-order chi connectivity index (χ0) is 24.9. The first-order valence-electron chi connectivity index (χ1n) is 9.85. The molecule has 0 aromatic heterocycles. The van der Waals surface area contributed by atoms with Crippen LogP contribution in [0.2, 0.25) is 0 Å². The van der Waals surface area contributed by atoms with Crippen molar-refractivity contribution in [1.82, 2.24) is 0 Å². The van der Waals surface area contributed by atoms with Crippen molar-refractivity contribution in [3.63, 3.8) is 0 Å². The van der Waals surface area contributed by atoms with E-state index in [4.69, 9.17) is 20.4 Å². The molecule has 0 rings (SSSR count). The molecule has 32 heavy (non-hydrogen) atoms. The Kier molecular flexibility index (Phi) is 19.2. The molecule has 0 spiro atoms. The average Bonchev–Trinajstić information content (AvgIpc) is 2.82. The van der Waals surface area contributed by atoms with Crippen molar-refractivity contribution in [2.75, 3.05) is 52.7 Å². The highest BCUT2D eigenvalue weighted by atomic mass is 16.3. The fourth-order valence-corrected chi connectivity index (χ4v) is 2.11. The van der Waals surface area contributed by atoms with Gasteiger partial charge in [-0.05, 0) is 37.8 Å². The van der Waals surface area contributed by atoms with Gasteiger partial charge in [-0.15, -0.1) is 0 Å². The lowest BCUT2D eigenvalue weighted by atomic mass is 9.84. The summed E-state index contributed by atoms with van der Waals surface area (Å²) >= 11 is 0. The monoisotopic (exact) mass is 462 g/mol. The number of nitrogens with zero attached hydrogens (tertiary/aromatic N) is 2. The van der Waals surface area contributed by atoms with Crippen molar-refractivity contribution >= 4 is 12.2 Å². The molecule has 0 fully saturated rings. The molecule has 0 aromatic carbocycles. The molecule has 0 radical (unpaired) electrons. The minimum absolute atomic E-state index is 0.248. The molecule has 0 unspecified atom stereocenters. The molecule has 8 N–H and O–H groups in total. The smallest absolute Gasteiger partial charge is 0.234 e. The summed E-state index contributed by atoms with van der Waals surface area (Å²) < 4.78 is 0. The fourth-order valence-electron chi connectivity index (χ4n) is 2.11. The van der Waals surface area contributed by atoms with Crippen LogP contribution in [-0.2, 0) is 9.59 Å². The second kappa shape index (κ2) is 19.3. The highest BCUT2D eigenvalue weighted by Crippen LogP contribution is 2.32. The minimum atomic E-state index is -1.68. The Morgan fingerprint density at radius 2 is 1.00 bits per heavy atom. The van der Waals surface area contributed by atoms with Crippen LogP contribution in [0, 0.1) is 10.8 Å². The number of hydrogen-bond acceptors (Lipinski definition) is 12. The average molecular weight is 462 g/mol. The molecule has 0 heterocycles. The lowest BCUT2D eigenvalue weighted by molar-refractivity contribution is -0.0328. The summed E-state index contributed by atoms with van der Waals surface area (Å²) in [5.74, 6) is -0.727. The molecule has 12 heteroatoms. The van der Waals surface area contributed by atoms with Gasteiger partial charge in [0.2, 0.25) is 12.2 Å². The Hall–Kier alpha value is -2.40. The van der Waals surface area contributed by atoms with Crippen molar-refractivity contribution in [2.45, 2.75) is 25.7 Å². The van der Waals surface area contributed by atoms with Gasteiger partial charge in [-0.1, -0.05) is 0 Å². The molecule has 0 amide bonds. The predicted octanol–water partition coefficient (Wildman–Crippen LogP) is -0.985. The normalized spacial score (nSPS) is 12.3. The molecule has 0 aliphatic carbocycles. The third-order valence-corrected chi connectivity index (χ3v) is 4.61. The first-order chi connectivity index (χ1) is 15.3. The second-order valence-corrected chi connectivity index (χ2v) is 6.94. The van der Waals surface area contributed by atoms with Gasteiger partial charge in [0.25, 0.3) is 0 Å². The fraction of sp³-hybridized carbons (Fsp3) is 0.700. The van der Waals surface area contributed by atoms with Crippen LogP contribution in [0.5, 0.6) is 0 Å². The maximum absolute atomic E-state index is 10.1. The van der Waals surface area contributed by atoms with Gasteiger partial charge in [0.15, 0.2) is 0 Å². The van der Waals surface area contributed by atoms with E-state index in [1.165, 1.54) is 24.3 Å². The summed E-state index contributed by atoms with van der Waals surface area (Å²) in [5.41, 5.74) is -2.79. The van der Waals surface area contributed by atoms with Gasteiger partial charge in [0.05, 0.1) is 58.1 Å². The zero-order valence-electron chi connectivity index (χ0n) is 17.9. The predicted molar refractivity (Wildman–Crippen MR) is 113 cm³/mol. The van der Waals surface area contributed by atoms with Crippen molar-refractivity contribution in [2.24, 2.45) is 20.8 Å². The summed E-state index contributed by atoms with van der Waals surface area (Å²) in [5, 5.41) is 73.2. The van der Waals surface area contributed by atoms with E-state index in [1.807, 2.05) is 0 Å². The van der Waals surface area contributed by atoms with Crippen molar-refractivity contribution in [3.8, 4) is 0 Å². The van der Waals surface area contributed by atoms with E-state index in [0.29, 0.717) is 25.7 Å². The van der Waals surface area contributed by atoms with E-state index in [2.05, 4.69) is 9.98 Å². The molecule has 0 saturated heterocycles. The van der Waals surface area contributed by atoms with Crippen LogP contribution in [0.15, 0.2) is 33.7 Å². The van der Waals surface area contributed by atoms with Gasteiger partial charge < -0.3 is 40.9 Å². The van der Waals surface area contributed by atoms with Crippen molar-refractivity contribution in [1.29, 1.82) is 0 Å². The van der Waals surface area contributed by atoms with Gasteiger partial charge in [-0.25, -0.2) is 19.6 Å². The third kappa shape index (κ3) is 11.3. The lowest BCUT2D eigenvalue weighted by Gasteiger charge is -2.28. The van der Waals surface area contributed by atoms with Gasteiger partial charge >= 0.3 is 0 Å². The molecule has 184 valence electrons. The van der Waals surface area contributed by atoms with Crippen LogP contribution < -0.4 is 0 Å². The van der Waals surface area contributed by atoms with Crippen LogP contribution >= 0.6 is 0 Å². The molecule has 0 atom stereocenters. The summed E-state index contributed by atoms with van der Waals surface area (Å²) in [6.07, 6.45) is 7.14. The van der Waals surface area contributed by atoms with E-state index < -0.39 is 50.5 Å². The summed E-state index contributed by atoms with van der Waals surface area (Å²) in [7, 11) is 0. The van der Waals surface area contributed by atoms with Crippen LogP contribution in [0.25, 0.3) is 0 Å². The molecule has 12 nitrogen and oxygen atoms in total. The summed E-state index contributed by atoms with van der Waals surface area (Å²) in [6.45, 7) is -2.50. The number of isocyanates is 2. The Balaban J connectivity index is 0. The van der Waals surface area contributed by atoms with Gasteiger partial charge in [-0.2, -0.15) is 0 Å². The quantitative estimate of drug-likeness (QED) is 0.0605. The van der Waals surface area contributed by atoms with E-state index >= 15 is 0 Å². The van der Waals surface area contributed by atoms with Gasteiger partial charge in [0, 0.05) is 0 Å². The van der Waals surface area contributed by atoms with E-state index in [9.17, 15) is 30.0 Å². The minimum Gasteiger partial charge on any atom is -0.511 e. The standard InChI is InChI=1S/C15H22N2O6.C5H12O4/c18-9-15(10-19,13(22)5-1-3-7-16-11-20)14(23)6-2-4-8-17-12-21;6-1-5(2-7,3-8)4-9/h5-6,18-19,22-23H,1-4,7-10H2;6-9H,1-4H2. The van der Waals surface area contributed by atoms with Crippen LogP contribution in [-0.4, -0.2) is 106 Å². The highest BCUT2D eigenvalue weighted by molar-refractivity contribution is 5.33. The first-order valence-corrected chi connectivity index (χ1v) is 9.85. The highest BCUT2D eigenvalue weighted by Gasteiger charge is 2.38. The van der Waals surface area contributed by atoms with Gasteiger partial charge in [-0.3, -0.25) is 0 Å². The number of aliphatic hydroxyl groups excluding tert-OH is 8. The number of allylic oxidation sites excluding steroid dienone is 2. The SMILES string of the molecule is O=C=NCCCC=C(O)C(CO)(CO)C(O)=CCCCN=C=O.OCC(CO)(CO)CO. The second-order valence-electron chi connectivity index (χ2n) is 6.94. The van der Waals surface area contributed by atoms with Gasteiger partial charge in [0.1, 0.15) is 16.9 Å². The van der Waals surface area contributed by atoms with E-state index in [1.54, 1.807) is 0 Å². The Bertz CT molecular complexity index is 585. The number of aliphatic imine (C=N–C) groups is 2. The Morgan fingerprint density at radius 3 is 1.22 bits per heavy atom. The maximum Gasteiger partial charge on any atom is 0.234 e.